The van der Waals surface area contributed by atoms with Gasteiger partial charge in [-0.2, -0.15) is 0 Å². The van der Waals surface area contributed by atoms with Crippen molar-refractivity contribution < 1.29 is 25.2 Å². The Balaban J connectivity index is 1.58. The van der Waals surface area contributed by atoms with E-state index < -0.39 is 28.5 Å². The summed E-state index contributed by atoms with van der Waals surface area (Å²) in [6.45, 7) is 2.09. The van der Waals surface area contributed by atoms with Crippen molar-refractivity contribution in [3.8, 4) is 0 Å². The van der Waals surface area contributed by atoms with Crippen LogP contribution in [0.4, 0.5) is 0 Å². The Hall–Kier alpha value is -2.00. The van der Waals surface area contributed by atoms with Crippen LogP contribution in [0, 0.1) is 0 Å². The fourth-order valence-electron chi connectivity index (χ4n) is 4.75. The number of hydrogen-bond acceptors (Lipinski definition) is 7. The molecule has 0 bridgehead atoms. The number of thioether (sulfide) groups is 1. The third kappa shape index (κ3) is 3.44. The molecule has 0 unspecified atom stereocenters. The number of aliphatic hydroxyl groups excluding tert-OH is 4. The van der Waals surface area contributed by atoms with Crippen molar-refractivity contribution in [2.75, 3.05) is 6.61 Å². The normalized spacial score (nSPS) is 29.5. The first-order chi connectivity index (χ1) is 15.5. The molecular weight excluding hydrogens is 426 g/mol. The maximum absolute atomic E-state index is 10.9. The Labute approximate surface area is 190 Å². The second-order valence-corrected chi connectivity index (χ2v) is 10.0. The predicted octanol–water partition coefficient (Wildman–Crippen LogP) is 2.26. The van der Waals surface area contributed by atoms with E-state index in [0.717, 1.165) is 34.0 Å². The van der Waals surface area contributed by atoms with E-state index in [9.17, 15) is 20.4 Å². The molecule has 1 fully saturated rings. The van der Waals surface area contributed by atoms with Gasteiger partial charge in [0.25, 0.3) is 0 Å². The first kappa shape index (κ1) is 21.8. The average molecular weight is 454 g/mol. The van der Waals surface area contributed by atoms with E-state index in [1.807, 2.05) is 24.4 Å². The molecule has 1 aromatic heterocycles. The van der Waals surface area contributed by atoms with Gasteiger partial charge < -0.3 is 25.2 Å². The maximum atomic E-state index is 10.9. The molecular formula is C25H27NO5S. The highest BCUT2D eigenvalue weighted by Crippen LogP contribution is 2.54. The second kappa shape index (κ2) is 8.41. The molecule has 0 saturated carbocycles. The van der Waals surface area contributed by atoms with E-state index >= 15 is 0 Å². The van der Waals surface area contributed by atoms with Crippen molar-refractivity contribution >= 4 is 22.5 Å². The Morgan fingerprint density at radius 1 is 1.06 bits per heavy atom. The van der Waals surface area contributed by atoms with Gasteiger partial charge in [-0.05, 0) is 46.7 Å². The van der Waals surface area contributed by atoms with Crippen LogP contribution in [-0.4, -0.2) is 55.6 Å². The highest BCUT2D eigenvalue weighted by Gasteiger charge is 2.57. The quantitative estimate of drug-likeness (QED) is 0.481. The molecule has 32 heavy (non-hydrogen) atoms. The zero-order valence-electron chi connectivity index (χ0n) is 17.8. The SMILES string of the molecule is CCc1ccc(Cc2nccc3cc4c(cc23)[C@]2(OC4)S[C@H](CO)[C@@H](O)[C@H](O)[C@H]2O)cc1. The minimum Gasteiger partial charge on any atom is -0.395 e. The van der Waals surface area contributed by atoms with Gasteiger partial charge in [0, 0.05) is 23.6 Å². The van der Waals surface area contributed by atoms with Crippen LogP contribution in [-0.2, 0) is 29.1 Å². The van der Waals surface area contributed by atoms with Crippen LogP contribution in [0.5, 0.6) is 0 Å². The van der Waals surface area contributed by atoms with Crippen LogP contribution in [0.25, 0.3) is 10.8 Å². The van der Waals surface area contributed by atoms with E-state index in [0.29, 0.717) is 6.42 Å². The summed E-state index contributed by atoms with van der Waals surface area (Å²) in [5.41, 5.74) is 5.07. The van der Waals surface area contributed by atoms with Crippen LogP contribution in [0.15, 0.2) is 48.7 Å². The average Bonchev–Trinajstić information content (AvgIpc) is 3.17. The molecule has 2 aliphatic heterocycles. The molecule has 2 aliphatic rings. The van der Waals surface area contributed by atoms with Gasteiger partial charge in [-0.15, -0.1) is 11.8 Å². The summed E-state index contributed by atoms with van der Waals surface area (Å²) < 4.78 is 6.08. The topological polar surface area (TPSA) is 103 Å². The predicted molar refractivity (Wildman–Crippen MR) is 123 cm³/mol. The molecule has 0 aliphatic carbocycles. The molecule has 2 aromatic carbocycles. The number of fused-ring (bicyclic) bond motifs is 3. The number of benzene rings is 2. The number of pyridine rings is 1. The molecule has 5 atom stereocenters. The number of hydrogen-bond donors (Lipinski definition) is 4. The minimum atomic E-state index is -1.42. The molecule has 3 heterocycles. The summed E-state index contributed by atoms with van der Waals surface area (Å²) >= 11 is 1.17. The number of nitrogens with zero attached hydrogens (tertiary/aromatic N) is 1. The zero-order valence-corrected chi connectivity index (χ0v) is 18.6. The summed E-state index contributed by atoms with van der Waals surface area (Å²) in [6.07, 6.45) is -0.503. The van der Waals surface area contributed by atoms with Crippen LogP contribution in [0.3, 0.4) is 0 Å². The molecule has 7 heteroatoms. The van der Waals surface area contributed by atoms with E-state index in [2.05, 4.69) is 36.2 Å². The summed E-state index contributed by atoms with van der Waals surface area (Å²) in [4.78, 5) is 3.40. The summed E-state index contributed by atoms with van der Waals surface area (Å²) in [5.74, 6) is 0. The molecule has 1 saturated heterocycles. The molecule has 3 aromatic rings. The highest BCUT2D eigenvalue weighted by atomic mass is 32.2. The van der Waals surface area contributed by atoms with Gasteiger partial charge in [0.05, 0.1) is 30.3 Å². The fraction of sp³-hybridized carbons (Fsp3) is 0.400. The van der Waals surface area contributed by atoms with E-state index in [-0.39, 0.29) is 13.2 Å². The van der Waals surface area contributed by atoms with Gasteiger partial charge in [-0.25, -0.2) is 0 Å². The summed E-state index contributed by atoms with van der Waals surface area (Å²) in [7, 11) is 0. The molecule has 6 nitrogen and oxygen atoms in total. The van der Waals surface area contributed by atoms with Crippen molar-refractivity contribution in [1.82, 2.24) is 4.98 Å². The largest absolute Gasteiger partial charge is 0.395 e. The Morgan fingerprint density at radius 2 is 1.81 bits per heavy atom. The van der Waals surface area contributed by atoms with Gasteiger partial charge in [-0.1, -0.05) is 31.2 Å². The monoisotopic (exact) mass is 453 g/mol. The van der Waals surface area contributed by atoms with Crippen LogP contribution in [0.1, 0.15) is 34.9 Å². The van der Waals surface area contributed by atoms with Crippen molar-refractivity contribution in [3.63, 3.8) is 0 Å². The number of ether oxygens (including phenoxy) is 1. The van der Waals surface area contributed by atoms with Gasteiger partial charge in [0.2, 0.25) is 0 Å². The van der Waals surface area contributed by atoms with Crippen molar-refractivity contribution in [2.24, 2.45) is 0 Å². The molecule has 0 amide bonds. The zero-order chi connectivity index (χ0) is 22.5. The van der Waals surface area contributed by atoms with E-state index in [1.165, 1.54) is 22.9 Å². The molecule has 1 spiro atoms. The second-order valence-electron chi connectivity index (χ2n) is 8.56. The van der Waals surface area contributed by atoms with Crippen LogP contribution in [0.2, 0.25) is 0 Å². The Bertz CT molecular complexity index is 1140. The number of rotatable bonds is 4. The number of aliphatic hydroxyl groups is 4. The first-order valence-corrected chi connectivity index (χ1v) is 11.8. The standard InChI is InChI=1S/C25H27NO5S/c1-2-14-3-5-15(6-4-14)9-20-18-11-19-17(10-16(18)7-8-26-20)13-31-25(19)24(30)23(29)22(28)21(12-27)32-25/h3-8,10-11,21-24,27-30H,2,9,12-13H2,1H3/t21-,22-,23+,24-,25+/m1/s1. The summed E-state index contributed by atoms with van der Waals surface area (Å²) in [5, 5.41) is 42.7. The lowest BCUT2D eigenvalue weighted by atomic mass is 9.91. The fourth-order valence-corrected chi connectivity index (χ4v) is 6.29. The van der Waals surface area contributed by atoms with E-state index in [1.54, 1.807) is 0 Å². The van der Waals surface area contributed by atoms with Gasteiger partial charge in [0.1, 0.15) is 12.2 Å². The summed E-state index contributed by atoms with van der Waals surface area (Å²) in [6, 6.07) is 14.5. The molecule has 4 N–H and O–H groups in total. The minimum absolute atomic E-state index is 0.284. The van der Waals surface area contributed by atoms with Crippen LogP contribution < -0.4 is 0 Å². The Morgan fingerprint density at radius 3 is 2.53 bits per heavy atom. The molecule has 168 valence electrons. The van der Waals surface area contributed by atoms with Crippen molar-refractivity contribution in [2.45, 2.75) is 54.9 Å². The highest BCUT2D eigenvalue weighted by molar-refractivity contribution is 8.00. The van der Waals surface area contributed by atoms with E-state index in [4.69, 9.17) is 4.74 Å². The number of aryl methyl sites for hydroxylation is 1. The lowest BCUT2D eigenvalue weighted by molar-refractivity contribution is -0.147. The van der Waals surface area contributed by atoms with Crippen molar-refractivity contribution in [3.05, 3.63) is 76.6 Å². The number of aromatic nitrogens is 1. The Kier molecular flexibility index (Phi) is 5.73. The van der Waals surface area contributed by atoms with Crippen LogP contribution >= 0.6 is 11.8 Å². The lowest BCUT2D eigenvalue weighted by Crippen LogP contribution is -2.58. The van der Waals surface area contributed by atoms with Gasteiger partial charge in [-0.3, -0.25) is 4.98 Å². The van der Waals surface area contributed by atoms with Gasteiger partial charge in [0.15, 0.2) is 4.93 Å². The smallest absolute Gasteiger partial charge is 0.168 e. The van der Waals surface area contributed by atoms with Crippen molar-refractivity contribution in [1.29, 1.82) is 0 Å². The maximum Gasteiger partial charge on any atom is 0.168 e. The molecule has 5 rings (SSSR count). The first-order valence-electron chi connectivity index (χ1n) is 10.9. The lowest BCUT2D eigenvalue weighted by Gasteiger charge is -2.45. The third-order valence-corrected chi connectivity index (χ3v) is 8.30. The van der Waals surface area contributed by atoms with Gasteiger partial charge >= 0.3 is 0 Å². The third-order valence-electron chi connectivity index (χ3n) is 6.64. The molecule has 0 radical (unpaired) electrons.